The number of nitrogens with two attached hydrogens (primary N) is 1. The summed E-state index contributed by atoms with van der Waals surface area (Å²) in [6.45, 7) is 9.75. The molecule has 124 valence electrons. The van der Waals surface area contributed by atoms with Crippen molar-refractivity contribution in [2.45, 2.75) is 52.3 Å². The first-order valence-corrected chi connectivity index (χ1v) is 8.47. The van der Waals surface area contributed by atoms with Crippen molar-refractivity contribution in [2.75, 3.05) is 13.1 Å². The van der Waals surface area contributed by atoms with Crippen LogP contribution in [0, 0.1) is 5.92 Å². The van der Waals surface area contributed by atoms with E-state index in [0.717, 1.165) is 23.1 Å². The normalized spacial score (nSPS) is 20.3. The Labute approximate surface area is 140 Å². The number of rotatable bonds is 3. The van der Waals surface area contributed by atoms with Crippen LogP contribution in [0.15, 0.2) is 10.7 Å². The van der Waals surface area contributed by atoms with Gasteiger partial charge in [0.15, 0.2) is 0 Å². The van der Waals surface area contributed by atoms with Gasteiger partial charge in [0.2, 0.25) is 0 Å². The van der Waals surface area contributed by atoms with Crippen molar-refractivity contribution in [3.63, 3.8) is 0 Å². The third kappa shape index (κ3) is 3.81. The van der Waals surface area contributed by atoms with Crippen molar-refractivity contribution in [3.05, 3.63) is 16.4 Å². The molecule has 1 aromatic heterocycles. The molecule has 2 rings (SSSR count). The molecular formula is C15H25BrN4O2. The molecule has 22 heavy (non-hydrogen) atoms. The number of hydrogen-bond donors (Lipinski definition) is 1. The van der Waals surface area contributed by atoms with Crippen LogP contribution in [0.5, 0.6) is 0 Å². The quantitative estimate of drug-likeness (QED) is 0.884. The van der Waals surface area contributed by atoms with Crippen molar-refractivity contribution in [2.24, 2.45) is 11.7 Å². The Morgan fingerprint density at radius 1 is 1.59 bits per heavy atom. The summed E-state index contributed by atoms with van der Waals surface area (Å²) in [5.74, 6) is 0.214. The number of aryl methyl sites for hydroxylation is 1. The Kier molecular flexibility index (Phi) is 5.17. The van der Waals surface area contributed by atoms with Crippen molar-refractivity contribution >= 4 is 22.0 Å². The molecule has 0 radical (unpaired) electrons. The number of aromatic nitrogens is 2. The lowest BCUT2D eigenvalue weighted by atomic mass is 9.97. The largest absolute Gasteiger partial charge is 0.444 e. The predicted molar refractivity (Wildman–Crippen MR) is 88.4 cm³/mol. The molecule has 1 saturated heterocycles. The van der Waals surface area contributed by atoms with Gasteiger partial charge < -0.3 is 15.4 Å². The molecule has 1 aliphatic rings. The summed E-state index contributed by atoms with van der Waals surface area (Å²) in [5, 5.41) is 4.31. The van der Waals surface area contributed by atoms with Gasteiger partial charge in [0.25, 0.3) is 0 Å². The van der Waals surface area contributed by atoms with Crippen LogP contribution in [-0.4, -0.2) is 39.5 Å². The van der Waals surface area contributed by atoms with E-state index in [4.69, 9.17) is 10.5 Å². The fourth-order valence-electron chi connectivity index (χ4n) is 2.75. The van der Waals surface area contributed by atoms with Crippen LogP contribution in [-0.2, 0) is 11.3 Å². The Morgan fingerprint density at radius 2 is 2.27 bits per heavy atom. The smallest absolute Gasteiger partial charge is 0.410 e. The van der Waals surface area contributed by atoms with E-state index in [9.17, 15) is 4.79 Å². The van der Waals surface area contributed by atoms with Gasteiger partial charge in [0.05, 0.1) is 22.4 Å². The lowest BCUT2D eigenvalue weighted by molar-refractivity contribution is 0.0286. The van der Waals surface area contributed by atoms with Crippen molar-refractivity contribution < 1.29 is 9.53 Å². The number of hydrogen-bond acceptors (Lipinski definition) is 4. The molecule has 2 unspecified atom stereocenters. The zero-order valence-corrected chi connectivity index (χ0v) is 15.3. The first kappa shape index (κ1) is 17.3. The predicted octanol–water partition coefficient (Wildman–Crippen LogP) is 2.92. The molecule has 0 aromatic carbocycles. The van der Waals surface area contributed by atoms with E-state index in [0.29, 0.717) is 13.1 Å². The van der Waals surface area contributed by atoms with Crippen LogP contribution in [0.1, 0.15) is 45.9 Å². The minimum absolute atomic E-state index is 0.149. The minimum atomic E-state index is -0.471. The highest BCUT2D eigenvalue weighted by Crippen LogP contribution is 2.32. The first-order chi connectivity index (χ1) is 10.2. The molecule has 0 aliphatic carbocycles. The van der Waals surface area contributed by atoms with Crippen LogP contribution in [0.3, 0.4) is 0 Å². The van der Waals surface area contributed by atoms with Gasteiger partial charge in [-0.05, 0) is 56.0 Å². The molecule has 2 N–H and O–H groups in total. The highest BCUT2D eigenvalue weighted by atomic mass is 79.9. The lowest BCUT2D eigenvalue weighted by Crippen LogP contribution is -2.36. The molecule has 0 bridgehead atoms. The number of amides is 1. The van der Waals surface area contributed by atoms with Gasteiger partial charge in [0, 0.05) is 19.6 Å². The van der Waals surface area contributed by atoms with Crippen LogP contribution in [0.25, 0.3) is 0 Å². The van der Waals surface area contributed by atoms with Crippen molar-refractivity contribution in [1.82, 2.24) is 14.7 Å². The third-order valence-corrected chi connectivity index (χ3v) is 4.44. The fraction of sp³-hybridized carbons (Fsp3) is 0.733. The SMILES string of the molecule is CCn1ncc(Br)c1C(N)C1CCN(C(=O)OC(C)(C)C)C1. The van der Waals surface area contributed by atoms with E-state index in [2.05, 4.69) is 21.0 Å². The average molecular weight is 373 g/mol. The standard InChI is InChI=1S/C15H25BrN4O2/c1-5-20-13(11(16)8-18-20)12(17)10-6-7-19(9-10)14(21)22-15(2,3)4/h8,10,12H,5-7,9,17H2,1-4H3. The van der Waals surface area contributed by atoms with Crippen LogP contribution >= 0.6 is 15.9 Å². The highest BCUT2D eigenvalue weighted by molar-refractivity contribution is 9.10. The summed E-state index contributed by atoms with van der Waals surface area (Å²) in [6.07, 6.45) is 2.39. The van der Waals surface area contributed by atoms with Gasteiger partial charge in [0.1, 0.15) is 5.60 Å². The first-order valence-electron chi connectivity index (χ1n) is 7.67. The fourth-order valence-corrected chi connectivity index (χ4v) is 3.31. The summed E-state index contributed by atoms with van der Waals surface area (Å²) < 4.78 is 8.26. The maximum Gasteiger partial charge on any atom is 0.410 e. The molecule has 0 saturated carbocycles. The Bertz CT molecular complexity index is 538. The van der Waals surface area contributed by atoms with Gasteiger partial charge in [-0.2, -0.15) is 5.10 Å². The summed E-state index contributed by atoms with van der Waals surface area (Å²) in [7, 11) is 0. The molecule has 1 aliphatic heterocycles. The molecule has 6 nitrogen and oxygen atoms in total. The molecule has 7 heteroatoms. The second-order valence-electron chi connectivity index (χ2n) is 6.69. The van der Waals surface area contributed by atoms with Crippen LogP contribution in [0.4, 0.5) is 4.79 Å². The highest BCUT2D eigenvalue weighted by Gasteiger charge is 2.35. The minimum Gasteiger partial charge on any atom is -0.444 e. The summed E-state index contributed by atoms with van der Waals surface area (Å²) >= 11 is 3.52. The van der Waals surface area contributed by atoms with Crippen LogP contribution < -0.4 is 5.73 Å². The van der Waals surface area contributed by atoms with Crippen LogP contribution in [0.2, 0.25) is 0 Å². The van der Waals surface area contributed by atoms with Gasteiger partial charge >= 0.3 is 6.09 Å². The van der Waals surface area contributed by atoms with E-state index < -0.39 is 5.60 Å². The van der Waals surface area contributed by atoms with Gasteiger partial charge in [-0.15, -0.1) is 0 Å². The Balaban J connectivity index is 2.03. The van der Waals surface area contributed by atoms with E-state index in [1.165, 1.54) is 0 Å². The zero-order valence-electron chi connectivity index (χ0n) is 13.7. The number of nitrogens with zero attached hydrogens (tertiary/aromatic N) is 3. The molecule has 1 aromatic rings. The molecular weight excluding hydrogens is 348 g/mol. The summed E-state index contributed by atoms with van der Waals surface area (Å²) in [6, 6.07) is -0.149. The third-order valence-electron chi connectivity index (χ3n) is 3.83. The Morgan fingerprint density at radius 3 is 2.86 bits per heavy atom. The summed E-state index contributed by atoms with van der Waals surface area (Å²) in [4.78, 5) is 13.9. The van der Waals surface area contributed by atoms with E-state index in [1.54, 1.807) is 11.1 Å². The zero-order chi connectivity index (χ0) is 16.5. The monoisotopic (exact) mass is 372 g/mol. The molecule has 0 spiro atoms. The lowest BCUT2D eigenvalue weighted by Gasteiger charge is -2.25. The van der Waals surface area contributed by atoms with Crippen molar-refractivity contribution in [1.29, 1.82) is 0 Å². The van der Waals surface area contributed by atoms with E-state index >= 15 is 0 Å². The second kappa shape index (κ2) is 6.58. The second-order valence-corrected chi connectivity index (χ2v) is 7.55. The summed E-state index contributed by atoms with van der Waals surface area (Å²) in [5.41, 5.74) is 6.97. The number of carbonyl (C=O) groups excluding carboxylic acids is 1. The van der Waals surface area contributed by atoms with E-state index in [1.807, 2.05) is 32.4 Å². The van der Waals surface area contributed by atoms with Gasteiger partial charge in [-0.1, -0.05) is 0 Å². The number of halogens is 1. The van der Waals surface area contributed by atoms with Gasteiger partial charge in [-0.3, -0.25) is 4.68 Å². The molecule has 2 heterocycles. The maximum atomic E-state index is 12.1. The topological polar surface area (TPSA) is 73.4 Å². The van der Waals surface area contributed by atoms with E-state index in [-0.39, 0.29) is 18.1 Å². The average Bonchev–Trinajstić information content (AvgIpc) is 3.02. The van der Waals surface area contributed by atoms with Crippen molar-refractivity contribution in [3.8, 4) is 0 Å². The maximum absolute atomic E-state index is 12.1. The molecule has 1 fully saturated rings. The molecule has 1 amide bonds. The van der Waals surface area contributed by atoms with Gasteiger partial charge in [-0.25, -0.2) is 4.79 Å². The number of carbonyl (C=O) groups is 1. The number of ether oxygens (including phenoxy) is 1. The Hall–Kier alpha value is -1.08. The molecule has 2 atom stereocenters. The number of likely N-dealkylation sites (tertiary alicyclic amines) is 1.